The fourth-order valence-corrected chi connectivity index (χ4v) is 6.20. The molecule has 0 bridgehead atoms. The van der Waals surface area contributed by atoms with Gasteiger partial charge in [0.05, 0.1) is 33.7 Å². The van der Waals surface area contributed by atoms with Gasteiger partial charge in [-0.25, -0.2) is 0 Å². The summed E-state index contributed by atoms with van der Waals surface area (Å²) >= 11 is 1.09. The number of aromatic amines is 2. The Labute approximate surface area is 222 Å². The molecule has 1 fully saturated rings. The number of halogens is 1. The third-order valence-corrected chi connectivity index (χ3v) is 8.27. The molecular weight excluding hydrogens is 497 g/mol. The highest BCUT2D eigenvalue weighted by molar-refractivity contribution is 7.13. The number of nitrogens with zero attached hydrogens (tertiary/aromatic N) is 4. The highest BCUT2D eigenvalue weighted by Gasteiger charge is 2.17. The van der Waals surface area contributed by atoms with Crippen molar-refractivity contribution in [3.8, 4) is 33.2 Å². The predicted octanol–water partition coefficient (Wildman–Crippen LogP) is 6.71. The summed E-state index contributed by atoms with van der Waals surface area (Å²) in [6.45, 7) is 1.87. The Hall–Kier alpha value is -3.95. The Morgan fingerprint density at radius 3 is 2.71 bits per heavy atom. The Morgan fingerprint density at radius 2 is 1.84 bits per heavy atom. The Morgan fingerprint density at radius 1 is 0.947 bits per heavy atom. The monoisotopic (exact) mass is 523 g/mol. The van der Waals surface area contributed by atoms with Gasteiger partial charge in [0.1, 0.15) is 5.69 Å². The van der Waals surface area contributed by atoms with Crippen LogP contribution in [-0.2, 0) is 6.54 Å². The molecule has 1 saturated carbocycles. The Kier molecular flexibility index (Phi) is 5.94. The van der Waals surface area contributed by atoms with E-state index >= 15 is 0 Å². The van der Waals surface area contributed by atoms with Gasteiger partial charge in [-0.3, -0.25) is 20.1 Å². The third kappa shape index (κ3) is 4.37. The lowest BCUT2D eigenvalue weighted by Gasteiger charge is -2.11. The Bertz CT molecular complexity index is 1740. The maximum atomic E-state index is 13.7. The zero-order chi connectivity index (χ0) is 25.5. The van der Waals surface area contributed by atoms with Crippen molar-refractivity contribution in [2.75, 3.05) is 6.54 Å². The molecule has 1 aliphatic carbocycles. The lowest BCUT2D eigenvalue weighted by Crippen LogP contribution is -2.20. The fourth-order valence-electron chi connectivity index (χ4n) is 5.46. The van der Waals surface area contributed by atoms with Crippen LogP contribution in [0.5, 0.6) is 0 Å². The summed E-state index contributed by atoms with van der Waals surface area (Å²) in [4.78, 5) is 18.0. The summed E-state index contributed by atoms with van der Waals surface area (Å²) < 4.78 is 13.7. The molecule has 0 aromatic carbocycles. The minimum Gasteiger partial charge on any atom is -0.353 e. The molecule has 9 heteroatoms. The summed E-state index contributed by atoms with van der Waals surface area (Å²) in [5.41, 5.74) is 7.15. The predicted molar refractivity (Wildman–Crippen MR) is 149 cm³/mol. The highest BCUT2D eigenvalue weighted by Crippen LogP contribution is 2.35. The van der Waals surface area contributed by atoms with Gasteiger partial charge in [0.15, 0.2) is 5.13 Å². The van der Waals surface area contributed by atoms with Gasteiger partial charge < -0.3 is 10.3 Å². The SMILES string of the molecule is Fc1ccc(-c2nccc3[nH]c(-c4n[nH]c5cnc(-c6cncc(CNCC7CCCC7)c6)cc45)cc23)s1. The molecule has 0 amide bonds. The van der Waals surface area contributed by atoms with Crippen LogP contribution in [0.15, 0.2) is 61.2 Å². The summed E-state index contributed by atoms with van der Waals surface area (Å²) in [6, 6.07) is 11.4. The van der Waals surface area contributed by atoms with E-state index < -0.39 is 0 Å². The minimum atomic E-state index is -0.226. The average Bonchev–Trinajstić information content (AvgIpc) is 3.74. The fraction of sp³-hybridized carbons (Fsp3) is 0.241. The third-order valence-electron chi connectivity index (χ3n) is 7.38. The molecule has 6 heterocycles. The molecule has 0 radical (unpaired) electrons. The van der Waals surface area contributed by atoms with E-state index in [4.69, 9.17) is 0 Å². The van der Waals surface area contributed by atoms with Crippen molar-refractivity contribution in [2.45, 2.75) is 32.2 Å². The summed E-state index contributed by atoms with van der Waals surface area (Å²) in [5, 5.41) is 13.0. The van der Waals surface area contributed by atoms with Crippen LogP contribution in [0.1, 0.15) is 31.2 Å². The van der Waals surface area contributed by atoms with Crippen molar-refractivity contribution in [3.05, 3.63) is 71.9 Å². The van der Waals surface area contributed by atoms with Crippen LogP contribution >= 0.6 is 11.3 Å². The molecule has 3 N–H and O–H groups in total. The van der Waals surface area contributed by atoms with Crippen molar-refractivity contribution >= 4 is 33.1 Å². The van der Waals surface area contributed by atoms with Crippen molar-refractivity contribution in [1.82, 2.24) is 35.5 Å². The molecule has 7 rings (SSSR count). The first-order valence-electron chi connectivity index (χ1n) is 12.9. The highest BCUT2D eigenvalue weighted by atomic mass is 32.1. The van der Waals surface area contributed by atoms with E-state index in [0.29, 0.717) is 0 Å². The molecule has 0 atom stereocenters. The number of rotatable bonds is 7. The quantitative estimate of drug-likeness (QED) is 0.216. The zero-order valence-corrected chi connectivity index (χ0v) is 21.5. The molecule has 0 aliphatic heterocycles. The van der Waals surface area contributed by atoms with Gasteiger partial charge in [-0.15, -0.1) is 11.3 Å². The van der Waals surface area contributed by atoms with Crippen LogP contribution < -0.4 is 5.32 Å². The first-order chi connectivity index (χ1) is 18.7. The van der Waals surface area contributed by atoms with Gasteiger partial charge in [0.25, 0.3) is 0 Å². The number of H-pyrrole nitrogens is 2. The van der Waals surface area contributed by atoms with Crippen LogP contribution in [-0.4, -0.2) is 36.7 Å². The van der Waals surface area contributed by atoms with Crippen molar-refractivity contribution in [1.29, 1.82) is 0 Å². The lowest BCUT2D eigenvalue weighted by molar-refractivity contribution is 0.489. The summed E-state index contributed by atoms with van der Waals surface area (Å²) in [5.74, 6) is 0.803. The number of thiophene rings is 1. The molecule has 38 heavy (non-hydrogen) atoms. The number of hydrogen-bond acceptors (Lipinski definition) is 6. The second kappa shape index (κ2) is 9.74. The normalized spacial score (nSPS) is 14.2. The van der Waals surface area contributed by atoms with Crippen molar-refractivity contribution < 1.29 is 4.39 Å². The molecule has 0 saturated heterocycles. The zero-order valence-electron chi connectivity index (χ0n) is 20.7. The van der Waals surface area contributed by atoms with Gasteiger partial charge in [-0.1, -0.05) is 12.8 Å². The van der Waals surface area contributed by atoms with E-state index in [9.17, 15) is 4.39 Å². The number of fused-ring (bicyclic) bond motifs is 2. The van der Waals surface area contributed by atoms with Crippen LogP contribution in [0.3, 0.4) is 0 Å². The molecule has 0 spiro atoms. The average molecular weight is 524 g/mol. The summed E-state index contributed by atoms with van der Waals surface area (Å²) in [6.07, 6.45) is 12.7. The molecular formula is C29H26FN7S. The second-order valence-corrected chi connectivity index (χ2v) is 11.0. The van der Waals surface area contributed by atoms with Gasteiger partial charge in [-0.2, -0.15) is 9.49 Å². The second-order valence-electron chi connectivity index (χ2n) is 9.96. The molecule has 7 nitrogen and oxygen atoms in total. The van der Waals surface area contributed by atoms with E-state index in [1.165, 1.54) is 31.7 Å². The van der Waals surface area contributed by atoms with Gasteiger partial charge in [-0.05, 0) is 67.3 Å². The number of aromatic nitrogens is 6. The number of hydrogen-bond donors (Lipinski definition) is 3. The van der Waals surface area contributed by atoms with Crippen LogP contribution in [0.25, 0.3) is 55.0 Å². The number of nitrogens with one attached hydrogen (secondary N) is 3. The van der Waals surface area contributed by atoms with E-state index in [0.717, 1.165) is 90.9 Å². The van der Waals surface area contributed by atoms with E-state index in [2.05, 4.69) is 47.6 Å². The molecule has 190 valence electrons. The Balaban J connectivity index is 1.20. The first kappa shape index (κ1) is 23.2. The minimum absolute atomic E-state index is 0.226. The maximum Gasteiger partial charge on any atom is 0.177 e. The molecule has 0 unspecified atom stereocenters. The van der Waals surface area contributed by atoms with Gasteiger partial charge in [0, 0.05) is 47.0 Å². The van der Waals surface area contributed by atoms with Crippen LogP contribution in [0, 0.1) is 11.0 Å². The number of pyridine rings is 3. The smallest absolute Gasteiger partial charge is 0.177 e. The lowest BCUT2D eigenvalue weighted by atomic mass is 10.1. The van der Waals surface area contributed by atoms with Crippen molar-refractivity contribution in [2.24, 2.45) is 5.92 Å². The van der Waals surface area contributed by atoms with Gasteiger partial charge >= 0.3 is 0 Å². The van der Waals surface area contributed by atoms with Crippen LogP contribution in [0.4, 0.5) is 4.39 Å². The largest absolute Gasteiger partial charge is 0.353 e. The van der Waals surface area contributed by atoms with E-state index in [-0.39, 0.29) is 5.13 Å². The molecule has 6 aromatic rings. The van der Waals surface area contributed by atoms with E-state index in [1.807, 2.05) is 30.7 Å². The summed E-state index contributed by atoms with van der Waals surface area (Å²) in [7, 11) is 0. The van der Waals surface area contributed by atoms with E-state index in [1.54, 1.807) is 12.3 Å². The first-order valence-corrected chi connectivity index (χ1v) is 13.8. The topological polar surface area (TPSA) is 95.2 Å². The van der Waals surface area contributed by atoms with Crippen LogP contribution in [0.2, 0.25) is 0 Å². The molecule has 6 aromatic heterocycles. The molecule has 1 aliphatic rings. The standard InChI is InChI=1S/C29H26FN7S/c30-27-6-5-26(38-27)29-20-11-24(35-22(20)7-8-33-29)28-21-10-23(34-16-25(21)36-37-28)19-9-18(14-32-15-19)13-31-12-17-3-1-2-4-17/h5-11,14-17,31,35H,1-4,12-13H2,(H,36,37). The van der Waals surface area contributed by atoms with Crippen molar-refractivity contribution in [3.63, 3.8) is 0 Å². The van der Waals surface area contributed by atoms with Gasteiger partial charge in [0.2, 0.25) is 0 Å². The maximum absolute atomic E-state index is 13.7.